The van der Waals surface area contributed by atoms with E-state index in [-0.39, 0.29) is 12.4 Å². The second-order valence-electron chi connectivity index (χ2n) is 3.83. The fourth-order valence-electron chi connectivity index (χ4n) is 2.04. The third-order valence-electron chi connectivity index (χ3n) is 2.83. The van der Waals surface area contributed by atoms with E-state index in [1.165, 1.54) is 18.5 Å². The van der Waals surface area contributed by atoms with Crippen molar-refractivity contribution in [2.24, 2.45) is 5.92 Å². The molecule has 0 bridgehead atoms. The smallest absolute Gasteiger partial charge is 0.0367 e. The van der Waals surface area contributed by atoms with Crippen molar-refractivity contribution in [1.29, 1.82) is 5.41 Å². The van der Waals surface area contributed by atoms with Crippen LogP contribution in [0.4, 0.5) is 0 Å². The highest BCUT2D eigenvalue weighted by Crippen LogP contribution is 2.26. The molecular formula is C12H17ClN2. The molecule has 82 valence electrons. The third-order valence-corrected chi connectivity index (χ3v) is 2.83. The molecule has 2 N–H and O–H groups in total. The predicted molar refractivity (Wildman–Crippen MR) is 66.4 cm³/mol. The van der Waals surface area contributed by atoms with E-state index in [1.807, 2.05) is 24.4 Å². The first-order valence-electron chi connectivity index (χ1n) is 5.25. The zero-order chi connectivity index (χ0) is 9.80. The molecule has 0 aromatic rings. The van der Waals surface area contributed by atoms with Crippen molar-refractivity contribution in [3.05, 3.63) is 36.2 Å². The zero-order valence-electron chi connectivity index (χ0n) is 8.70. The van der Waals surface area contributed by atoms with E-state index < -0.39 is 0 Å². The SMILES string of the molecule is Cl.N=C1CCCCC1C1=CC=CC=CN1. The van der Waals surface area contributed by atoms with Gasteiger partial charge in [-0.1, -0.05) is 18.6 Å². The van der Waals surface area contributed by atoms with Gasteiger partial charge in [-0.2, -0.15) is 0 Å². The van der Waals surface area contributed by atoms with Crippen LogP contribution >= 0.6 is 12.4 Å². The molecule has 0 radical (unpaired) electrons. The summed E-state index contributed by atoms with van der Waals surface area (Å²) in [6.07, 6.45) is 14.6. The van der Waals surface area contributed by atoms with Gasteiger partial charge in [0.2, 0.25) is 0 Å². The fourth-order valence-corrected chi connectivity index (χ4v) is 2.04. The van der Waals surface area contributed by atoms with Crippen LogP contribution in [-0.4, -0.2) is 5.71 Å². The van der Waals surface area contributed by atoms with Crippen LogP contribution in [0, 0.1) is 11.3 Å². The van der Waals surface area contributed by atoms with Crippen LogP contribution in [-0.2, 0) is 0 Å². The van der Waals surface area contributed by atoms with Crippen molar-refractivity contribution >= 4 is 18.1 Å². The summed E-state index contributed by atoms with van der Waals surface area (Å²) < 4.78 is 0. The molecular weight excluding hydrogens is 208 g/mol. The molecule has 0 spiro atoms. The molecule has 2 rings (SSSR count). The van der Waals surface area contributed by atoms with Crippen LogP contribution in [0.3, 0.4) is 0 Å². The molecule has 2 nitrogen and oxygen atoms in total. The first-order valence-corrected chi connectivity index (χ1v) is 5.25. The maximum absolute atomic E-state index is 7.92. The van der Waals surface area contributed by atoms with Crippen LogP contribution in [0.1, 0.15) is 25.7 Å². The van der Waals surface area contributed by atoms with E-state index in [0.29, 0.717) is 5.92 Å². The molecule has 0 amide bonds. The summed E-state index contributed by atoms with van der Waals surface area (Å²) in [5, 5.41) is 11.2. The van der Waals surface area contributed by atoms with Gasteiger partial charge in [-0.05, 0) is 31.4 Å². The zero-order valence-corrected chi connectivity index (χ0v) is 9.52. The highest BCUT2D eigenvalue weighted by Gasteiger charge is 2.22. The monoisotopic (exact) mass is 224 g/mol. The minimum atomic E-state index is 0. The lowest BCUT2D eigenvalue weighted by atomic mass is 9.85. The van der Waals surface area contributed by atoms with Crippen molar-refractivity contribution < 1.29 is 0 Å². The molecule has 0 aromatic heterocycles. The summed E-state index contributed by atoms with van der Waals surface area (Å²) in [5.41, 5.74) is 2.07. The summed E-state index contributed by atoms with van der Waals surface area (Å²) in [4.78, 5) is 0. The first kappa shape index (κ1) is 12.1. The Balaban J connectivity index is 0.00000112. The molecule has 3 heteroatoms. The Labute approximate surface area is 97.1 Å². The molecule has 1 aliphatic carbocycles. The van der Waals surface area contributed by atoms with E-state index >= 15 is 0 Å². The van der Waals surface area contributed by atoms with Crippen LogP contribution in [0.2, 0.25) is 0 Å². The van der Waals surface area contributed by atoms with Gasteiger partial charge in [0.1, 0.15) is 0 Å². The molecule has 1 saturated carbocycles. The first-order chi connectivity index (χ1) is 6.88. The van der Waals surface area contributed by atoms with E-state index in [4.69, 9.17) is 5.41 Å². The maximum atomic E-state index is 7.92. The van der Waals surface area contributed by atoms with E-state index in [9.17, 15) is 0 Å². The van der Waals surface area contributed by atoms with Gasteiger partial charge in [0.25, 0.3) is 0 Å². The summed E-state index contributed by atoms with van der Waals surface area (Å²) in [5.74, 6) is 0.330. The van der Waals surface area contributed by atoms with Crippen LogP contribution in [0.15, 0.2) is 36.2 Å². The van der Waals surface area contributed by atoms with Gasteiger partial charge in [0, 0.05) is 23.5 Å². The van der Waals surface area contributed by atoms with Gasteiger partial charge < -0.3 is 10.7 Å². The quantitative estimate of drug-likeness (QED) is 0.705. The van der Waals surface area contributed by atoms with E-state index in [0.717, 1.165) is 18.6 Å². The molecule has 1 unspecified atom stereocenters. The van der Waals surface area contributed by atoms with Gasteiger partial charge in [-0.3, -0.25) is 0 Å². The Morgan fingerprint density at radius 2 is 2.07 bits per heavy atom. The van der Waals surface area contributed by atoms with Gasteiger partial charge in [-0.15, -0.1) is 12.4 Å². The Kier molecular flexibility index (Phi) is 4.63. The summed E-state index contributed by atoms with van der Waals surface area (Å²) >= 11 is 0. The Morgan fingerprint density at radius 1 is 1.20 bits per heavy atom. The molecule has 1 atom stereocenters. The van der Waals surface area contributed by atoms with Gasteiger partial charge >= 0.3 is 0 Å². The highest BCUT2D eigenvalue weighted by atomic mass is 35.5. The van der Waals surface area contributed by atoms with Crippen molar-refractivity contribution in [2.75, 3.05) is 0 Å². The number of rotatable bonds is 1. The molecule has 1 heterocycles. The van der Waals surface area contributed by atoms with Crippen LogP contribution < -0.4 is 5.32 Å². The standard InChI is InChI=1S/C12H16N2.ClH/c13-11-7-4-3-6-10(11)12-8-2-1-5-9-14-12;/h1-2,5,8-10,13-14H,3-4,6-7H2;1H. The van der Waals surface area contributed by atoms with E-state index in [2.05, 4.69) is 11.4 Å². The van der Waals surface area contributed by atoms with Gasteiger partial charge in [0.15, 0.2) is 0 Å². The summed E-state index contributed by atoms with van der Waals surface area (Å²) in [6, 6.07) is 0. The Bertz CT molecular complexity index is 316. The number of allylic oxidation sites excluding steroid dienone is 5. The van der Waals surface area contributed by atoms with Crippen molar-refractivity contribution in [3.63, 3.8) is 0 Å². The lowest BCUT2D eigenvalue weighted by Crippen LogP contribution is -2.25. The molecule has 1 aliphatic heterocycles. The number of hydrogen-bond acceptors (Lipinski definition) is 2. The maximum Gasteiger partial charge on any atom is 0.0367 e. The van der Waals surface area contributed by atoms with Crippen LogP contribution in [0.5, 0.6) is 0 Å². The topological polar surface area (TPSA) is 35.9 Å². The van der Waals surface area contributed by atoms with Crippen molar-refractivity contribution in [1.82, 2.24) is 5.32 Å². The summed E-state index contributed by atoms with van der Waals surface area (Å²) in [7, 11) is 0. The highest BCUT2D eigenvalue weighted by molar-refractivity contribution is 5.87. The normalized spacial score (nSPS) is 24.9. The van der Waals surface area contributed by atoms with Gasteiger partial charge in [0.05, 0.1) is 0 Å². The Hall–Kier alpha value is -1.02. The number of nitrogens with one attached hydrogen (secondary N) is 2. The van der Waals surface area contributed by atoms with Crippen molar-refractivity contribution in [2.45, 2.75) is 25.7 Å². The van der Waals surface area contributed by atoms with Crippen LogP contribution in [0.25, 0.3) is 0 Å². The third kappa shape index (κ3) is 2.96. The molecule has 1 fully saturated rings. The number of hydrogen-bond donors (Lipinski definition) is 2. The molecule has 0 saturated heterocycles. The predicted octanol–water partition coefficient (Wildman–Crippen LogP) is 3.18. The number of halogens is 1. The second-order valence-corrected chi connectivity index (χ2v) is 3.83. The van der Waals surface area contributed by atoms with Gasteiger partial charge in [-0.25, -0.2) is 0 Å². The van der Waals surface area contributed by atoms with Crippen molar-refractivity contribution in [3.8, 4) is 0 Å². The van der Waals surface area contributed by atoms with E-state index in [1.54, 1.807) is 0 Å². The lowest BCUT2D eigenvalue weighted by molar-refractivity contribution is 0.558. The molecule has 15 heavy (non-hydrogen) atoms. The Morgan fingerprint density at radius 3 is 2.87 bits per heavy atom. The second kappa shape index (κ2) is 5.76. The minimum absolute atomic E-state index is 0. The lowest BCUT2D eigenvalue weighted by Gasteiger charge is -2.25. The minimum Gasteiger partial charge on any atom is -0.364 e. The largest absolute Gasteiger partial charge is 0.364 e. The average molecular weight is 225 g/mol. The summed E-state index contributed by atoms with van der Waals surface area (Å²) in [6.45, 7) is 0. The fraction of sp³-hybridized carbons (Fsp3) is 0.417. The molecule has 0 aromatic carbocycles. The molecule has 2 aliphatic rings. The average Bonchev–Trinajstić information content (AvgIpc) is 2.47.